The Hall–Kier alpha value is -3.59. The van der Waals surface area contributed by atoms with Crippen molar-refractivity contribution >= 4 is 27.3 Å². The van der Waals surface area contributed by atoms with Crippen LogP contribution in [0.15, 0.2) is 46.9 Å². The third kappa shape index (κ3) is 3.54. The molecule has 164 valence electrons. The van der Waals surface area contributed by atoms with E-state index in [2.05, 4.69) is 10.2 Å². The van der Waals surface area contributed by atoms with Crippen LogP contribution in [-0.2, 0) is 0 Å². The first kappa shape index (κ1) is 20.3. The highest BCUT2D eigenvalue weighted by Gasteiger charge is 2.21. The summed E-state index contributed by atoms with van der Waals surface area (Å²) in [5, 5.41) is 15.1. The van der Waals surface area contributed by atoms with Crippen molar-refractivity contribution in [3.05, 3.63) is 42.5 Å². The highest BCUT2D eigenvalue weighted by Crippen LogP contribution is 2.43. The quantitative estimate of drug-likeness (QED) is 0.310. The van der Waals surface area contributed by atoms with Gasteiger partial charge in [-0.2, -0.15) is 9.61 Å². The maximum atomic E-state index is 5.97. The number of rotatable bonds is 8. The van der Waals surface area contributed by atoms with Crippen LogP contribution in [0.25, 0.3) is 38.1 Å². The zero-order valence-corrected chi connectivity index (χ0v) is 18.8. The molecule has 2 aromatic carbocycles. The van der Waals surface area contributed by atoms with Crippen LogP contribution in [0.4, 0.5) is 0 Å². The Labute approximate surface area is 188 Å². The molecule has 32 heavy (non-hydrogen) atoms. The molecule has 0 aliphatic heterocycles. The molecule has 8 nitrogen and oxygen atoms in total. The first-order chi connectivity index (χ1) is 15.7. The minimum Gasteiger partial charge on any atom is -0.490 e. The number of hydrogen-bond donors (Lipinski definition) is 0. The minimum atomic E-state index is 0.510. The minimum absolute atomic E-state index is 0.510. The van der Waals surface area contributed by atoms with Gasteiger partial charge in [0.1, 0.15) is 10.6 Å². The fourth-order valence-corrected chi connectivity index (χ4v) is 4.32. The number of furan rings is 1. The van der Waals surface area contributed by atoms with Gasteiger partial charge in [0.15, 0.2) is 17.3 Å². The lowest BCUT2D eigenvalue weighted by Crippen LogP contribution is -2.03. The summed E-state index contributed by atoms with van der Waals surface area (Å²) in [7, 11) is 0. The Kier molecular flexibility index (Phi) is 5.40. The van der Waals surface area contributed by atoms with Crippen LogP contribution in [0.2, 0.25) is 0 Å². The molecule has 3 aromatic heterocycles. The van der Waals surface area contributed by atoms with Crippen LogP contribution >= 0.6 is 11.3 Å². The second-order valence-electron chi connectivity index (χ2n) is 6.87. The fraction of sp³-hybridized carbons (Fsp3) is 0.261. The molecule has 0 spiro atoms. The van der Waals surface area contributed by atoms with Gasteiger partial charge in [0.05, 0.1) is 19.8 Å². The molecule has 0 N–H and O–H groups in total. The zero-order chi connectivity index (χ0) is 22.1. The smallest absolute Gasteiger partial charge is 0.235 e. The Morgan fingerprint density at radius 1 is 0.906 bits per heavy atom. The Morgan fingerprint density at radius 2 is 1.62 bits per heavy atom. The third-order valence-corrected chi connectivity index (χ3v) is 5.74. The number of fused-ring (bicyclic) bond motifs is 2. The second kappa shape index (κ2) is 8.51. The molecule has 0 radical (unpaired) electrons. The standard InChI is InChI=1S/C23H22N4O4S/c1-4-28-17-12-15(13-18(29-5-2)20(17)30-6-3)22-26-27-21(24-25-23(27)32-22)19-11-14-9-7-8-10-16(14)31-19/h7-13H,4-6H2,1-3H3. The van der Waals surface area contributed by atoms with E-state index in [4.69, 9.17) is 23.7 Å². The molecular formula is C23H22N4O4S. The van der Waals surface area contributed by atoms with E-state index in [9.17, 15) is 0 Å². The van der Waals surface area contributed by atoms with E-state index in [1.54, 1.807) is 4.52 Å². The molecule has 0 bridgehead atoms. The first-order valence-corrected chi connectivity index (χ1v) is 11.3. The largest absolute Gasteiger partial charge is 0.490 e. The third-order valence-electron chi connectivity index (χ3n) is 4.79. The van der Waals surface area contributed by atoms with Crippen molar-refractivity contribution in [2.75, 3.05) is 19.8 Å². The monoisotopic (exact) mass is 450 g/mol. The van der Waals surface area contributed by atoms with Crippen LogP contribution < -0.4 is 14.2 Å². The lowest BCUT2D eigenvalue weighted by Gasteiger charge is -2.16. The van der Waals surface area contributed by atoms with E-state index in [-0.39, 0.29) is 0 Å². The highest BCUT2D eigenvalue weighted by atomic mass is 32.1. The van der Waals surface area contributed by atoms with Gasteiger partial charge in [0.2, 0.25) is 16.5 Å². The van der Waals surface area contributed by atoms with Gasteiger partial charge in [-0.25, -0.2) is 0 Å². The molecule has 0 unspecified atom stereocenters. The maximum absolute atomic E-state index is 5.97. The van der Waals surface area contributed by atoms with Crippen molar-refractivity contribution in [2.24, 2.45) is 0 Å². The molecule has 5 rings (SSSR count). The number of benzene rings is 2. The molecule has 0 fully saturated rings. The SMILES string of the molecule is CCOc1cc(-c2nn3c(-c4cc5ccccc5o4)nnc3s2)cc(OCC)c1OCC. The summed E-state index contributed by atoms with van der Waals surface area (Å²) >= 11 is 1.43. The molecule has 0 amide bonds. The van der Waals surface area contributed by atoms with E-state index >= 15 is 0 Å². The molecule has 0 atom stereocenters. The lowest BCUT2D eigenvalue weighted by molar-refractivity contribution is 0.261. The highest BCUT2D eigenvalue weighted by molar-refractivity contribution is 7.19. The average Bonchev–Trinajstić information content (AvgIpc) is 3.49. The zero-order valence-electron chi connectivity index (χ0n) is 18.0. The van der Waals surface area contributed by atoms with Gasteiger partial charge >= 0.3 is 0 Å². The van der Waals surface area contributed by atoms with Crippen molar-refractivity contribution in [3.63, 3.8) is 0 Å². The van der Waals surface area contributed by atoms with Crippen LogP contribution in [0.5, 0.6) is 17.2 Å². The van der Waals surface area contributed by atoms with Gasteiger partial charge in [0.25, 0.3) is 0 Å². The molecule has 0 saturated heterocycles. The molecule has 5 aromatic rings. The molecule has 0 saturated carbocycles. The molecule has 3 heterocycles. The van der Waals surface area contributed by atoms with Gasteiger partial charge in [-0.1, -0.05) is 29.5 Å². The van der Waals surface area contributed by atoms with Crippen molar-refractivity contribution in [3.8, 4) is 39.4 Å². The Morgan fingerprint density at radius 3 is 2.31 bits per heavy atom. The molecular weight excluding hydrogens is 428 g/mol. The summed E-state index contributed by atoms with van der Waals surface area (Å²) in [5.41, 5.74) is 1.65. The van der Waals surface area contributed by atoms with Gasteiger partial charge < -0.3 is 18.6 Å². The number of nitrogens with zero attached hydrogens (tertiary/aromatic N) is 4. The summed E-state index contributed by atoms with van der Waals surface area (Å²) in [4.78, 5) is 0.667. The van der Waals surface area contributed by atoms with E-state index in [0.717, 1.165) is 21.5 Å². The number of hydrogen-bond acceptors (Lipinski definition) is 8. The predicted molar refractivity (Wildman–Crippen MR) is 123 cm³/mol. The van der Waals surface area contributed by atoms with Crippen LogP contribution in [0.1, 0.15) is 20.8 Å². The summed E-state index contributed by atoms with van der Waals surface area (Å²) in [6.07, 6.45) is 0. The van der Waals surface area contributed by atoms with Gasteiger partial charge in [-0.15, -0.1) is 10.2 Å². The summed E-state index contributed by atoms with van der Waals surface area (Å²) < 4.78 is 25.2. The lowest BCUT2D eigenvalue weighted by atomic mass is 10.2. The van der Waals surface area contributed by atoms with Crippen molar-refractivity contribution in [2.45, 2.75) is 20.8 Å². The molecule has 0 aliphatic carbocycles. The summed E-state index contributed by atoms with van der Waals surface area (Å²) in [6, 6.07) is 13.6. The van der Waals surface area contributed by atoms with Crippen LogP contribution in [0.3, 0.4) is 0 Å². The molecule has 9 heteroatoms. The van der Waals surface area contributed by atoms with Crippen molar-refractivity contribution in [1.29, 1.82) is 0 Å². The first-order valence-electron chi connectivity index (χ1n) is 10.5. The van der Waals surface area contributed by atoms with Crippen LogP contribution in [-0.4, -0.2) is 39.6 Å². The van der Waals surface area contributed by atoms with Gasteiger partial charge in [-0.3, -0.25) is 0 Å². The van der Waals surface area contributed by atoms with Gasteiger partial charge in [0, 0.05) is 10.9 Å². The Bertz CT molecular complexity index is 1330. The number of aromatic nitrogens is 4. The van der Waals surface area contributed by atoms with Gasteiger partial charge in [-0.05, 0) is 45.0 Å². The van der Waals surface area contributed by atoms with E-state index < -0.39 is 0 Å². The number of para-hydroxylation sites is 1. The topological polar surface area (TPSA) is 83.9 Å². The maximum Gasteiger partial charge on any atom is 0.235 e. The van der Waals surface area contributed by atoms with Crippen LogP contribution in [0, 0.1) is 0 Å². The molecule has 0 aliphatic rings. The summed E-state index contributed by atoms with van der Waals surface area (Å²) in [6.45, 7) is 7.34. The average molecular weight is 451 g/mol. The fourth-order valence-electron chi connectivity index (χ4n) is 3.49. The second-order valence-corrected chi connectivity index (χ2v) is 7.83. The van der Waals surface area contributed by atoms with E-state index in [1.165, 1.54) is 11.3 Å². The number of ether oxygens (including phenoxy) is 3. The normalized spacial score (nSPS) is 11.3. The van der Waals surface area contributed by atoms with E-state index in [0.29, 0.717) is 53.6 Å². The van der Waals surface area contributed by atoms with Crippen molar-refractivity contribution in [1.82, 2.24) is 19.8 Å². The summed E-state index contributed by atoms with van der Waals surface area (Å²) in [5.74, 6) is 3.02. The Balaban J connectivity index is 1.60. The van der Waals surface area contributed by atoms with E-state index in [1.807, 2.05) is 63.2 Å². The predicted octanol–water partition coefficient (Wildman–Crippen LogP) is 5.46. The van der Waals surface area contributed by atoms with Crippen molar-refractivity contribution < 1.29 is 18.6 Å².